The number of hydrogen-bond donors (Lipinski definition) is 3. The van der Waals surface area contributed by atoms with Crippen LogP contribution >= 0.6 is 0 Å². The van der Waals surface area contributed by atoms with Gasteiger partial charge in [0.15, 0.2) is 11.6 Å². The molecule has 1 aromatic carbocycles. The number of ether oxygens (including phenoxy) is 1. The first kappa shape index (κ1) is 13.0. The van der Waals surface area contributed by atoms with Crippen molar-refractivity contribution in [3.63, 3.8) is 0 Å². The number of nitrogens with two attached hydrogens (primary N) is 2. The molecule has 7 heteroatoms. The van der Waals surface area contributed by atoms with E-state index in [9.17, 15) is 13.9 Å². The molecule has 0 bridgehead atoms. The highest BCUT2D eigenvalue weighted by atomic mass is 19.2. The molecule has 2 rings (SSSR count). The summed E-state index contributed by atoms with van der Waals surface area (Å²) in [7, 11) is 0. The van der Waals surface area contributed by atoms with Crippen LogP contribution in [0.2, 0.25) is 0 Å². The van der Waals surface area contributed by atoms with Crippen molar-refractivity contribution >= 4 is 11.4 Å². The van der Waals surface area contributed by atoms with E-state index in [1.165, 1.54) is 6.07 Å². The van der Waals surface area contributed by atoms with Crippen LogP contribution in [0.4, 0.5) is 20.2 Å². The highest BCUT2D eigenvalue weighted by molar-refractivity contribution is 5.68. The number of rotatable bonds is 2. The Kier molecular flexibility index (Phi) is 3.65. The third kappa shape index (κ3) is 2.24. The fourth-order valence-corrected chi connectivity index (χ4v) is 1.96. The van der Waals surface area contributed by atoms with Gasteiger partial charge in [0, 0.05) is 6.61 Å². The summed E-state index contributed by atoms with van der Waals surface area (Å²) in [6.45, 7) is 0.541. The second kappa shape index (κ2) is 5.05. The van der Waals surface area contributed by atoms with Crippen molar-refractivity contribution in [1.29, 1.82) is 0 Å². The number of hydrazine groups is 1. The molecule has 100 valence electrons. The highest BCUT2D eigenvalue weighted by Crippen LogP contribution is 2.29. The summed E-state index contributed by atoms with van der Waals surface area (Å²) in [5.74, 6) is 3.57. The van der Waals surface area contributed by atoms with Gasteiger partial charge >= 0.3 is 0 Å². The number of benzene rings is 1. The van der Waals surface area contributed by atoms with Crippen LogP contribution < -0.4 is 16.6 Å². The first-order chi connectivity index (χ1) is 8.52. The molecule has 0 amide bonds. The Morgan fingerprint density at radius 1 is 1.39 bits per heavy atom. The molecule has 0 aromatic heterocycles. The van der Waals surface area contributed by atoms with E-state index in [1.54, 1.807) is 0 Å². The van der Waals surface area contributed by atoms with Gasteiger partial charge in [-0.05, 0) is 18.6 Å². The molecular weight excluding hydrogens is 244 g/mol. The van der Waals surface area contributed by atoms with Gasteiger partial charge in [0.05, 0.1) is 24.4 Å². The topological polar surface area (TPSA) is 84.7 Å². The van der Waals surface area contributed by atoms with E-state index < -0.39 is 23.8 Å². The Morgan fingerprint density at radius 3 is 2.78 bits per heavy atom. The van der Waals surface area contributed by atoms with Crippen molar-refractivity contribution in [2.24, 2.45) is 5.84 Å². The maximum Gasteiger partial charge on any atom is 0.185 e. The zero-order chi connectivity index (χ0) is 13.3. The summed E-state index contributed by atoms with van der Waals surface area (Å²) in [4.78, 5) is 0. The lowest BCUT2D eigenvalue weighted by Gasteiger charge is -2.36. The summed E-state index contributed by atoms with van der Waals surface area (Å²) in [5, 5.41) is 10.7. The normalized spacial score (nSPS) is 24.0. The molecule has 0 radical (unpaired) electrons. The molecule has 1 aromatic rings. The van der Waals surface area contributed by atoms with Crippen molar-refractivity contribution in [1.82, 2.24) is 0 Å². The molecule has 1 saturated heterocycles. The molecule has 0 spiro atoms. The zero-order valence-electron chi connectivity index (χ0n) is 9.64. The minimum absolute atomic E-state index is 0.00849. The Labute approximate surface area is 103 Å². The molecule has 1 aliphatic heterocycles. The number of hydrogen-bond acceptors (Lipinski definition) is 5. The number of nitrogen functional groups attached to an aromatic ring is 1. The number of anilines is 2. The summed E-state index contributed by atoms with van der Waals surface area (Å²) >= 11 is 0. The Bertz CT molecular complexity index is 445. The van der Waals surface area contributed by atoms with Gasteiger partial charge < -0.3 is 15.6 Å². The Morgan fingerprint density at radius 2 is 2.11 bits per heavy atom. The van der Waals surface area contributed by atoms with Crippen LogP contribution in [0.5, 0.6) is 0 Å². The van der Waals surface area contributed by atoms with Crippen LogP contribution in [-0.4, -0.2) is 30.5 Å². The fourth-order valence-electron chi connectivity index (χ4n) is 1.96. The summed E-state index contributed by atoms with van der Waals surface area (Å²) in [6, 6.07) is 1.50. The lowest BCUT2D eigenvalue weighted by Crippen LogP contribution is -2.54. The Balaban J connectivity index is 2.33. The van der Waals surface area contributed by atoms with Gasteiger partial charge in [0.25, 0.3) is 0 Å². The van der Waals surface area contributed by atoms with E-state index in [2.05, 4.69) is 0 Å². The van der Waals surface area contributed by atoms with Gasteiger partial charge in [0.1, 0.15) is 5.69 Å². The molecule has 2 atom stereocenters. The molecule has 1 heterocycles. The van der Waals surface area contributed by atoms with Crippen LogP contribution in [0.25, 0.3) is 0 Å². The summed E-state index contributed by atoms with van der Waals surface area (Å²) < 4.78 is 32.0. The lowest BCUT2D eigenvalue weighted by molar-refractivity contribution is -0.00612. The van der Waals surface area contributed by atoms with Gasteiger partial charge in [-0.2, -0.15) is 0 Å². The molecule has 0 aliphatic carbocycles. The van der Waals surface area contributed by atoms with Crippen LogP contribution in [0.15, 0.2) is 12.1 Å². The van der Waals surface area contributed by atoms with Crippen LogP contribution in [0.3, 0.4) is 0 Å². The summed E-state index contributed by atoms with van der Waals surface area (Å²) in [5.41, 5.74) is 5.34. The van der Waals surface area contributed by atoms with E-state index >= 15 is 0 Å². The fraction of sp³-hybridized carbons (Fsp3) is 0.455. The van der Waals surface area contributed by atoms with E-state index in [4.69, 9.17) is 16.3 Å². The van der Waals surface area contributed by atoms with Crippen LogP contribution in [0.1, 0.15) is 6.42 Å². The van der Waals surface area contributed by atoms with Crippen molar-refractivity contribution < 1.29 is 18.6 Å². The van der Waals surface area contributed by atoms with Crippen LogP contribution in [0, 0.1) is 11.6 Å². The van der Waals surface area contributed by atoms with Gasteiger partial charge in [0.2, 0.25) is 0 Å². The molecule has 1 fully saturated rings. The van der Waals surface area contributed by atoms with Crippen molar-refractivity contribution in [3.05, 3.63) is 23.8 Å². The van der Waals surface area contributed by atoms with Gasteiger partial charge in [-0.25, -0.2) is 14.6 Å². The maximum absolute atomic E-state index is 13.7. The first-order valence-corrected chi connectivity index (χ1v) is 5.55. The highest BCUT2D eigenvalue weighted by Gasteiger charge is 2.31. The van der Waals surface area contributed by atoms with Gasteiger partial charge in [-0.1, -0.05) is 0 Å². The average molecular weight is 259 g/mol. The molecule has 2 unspecified atom stereocenters. The van der Waals surface area contributed by atoms with Crippen LogP contribution in [-0.2, 0) is 4.74 Å². The summed E-state index contributed by atoms with van der Waals surface area (Å²) in [6.07, 6.45) is -0.388. The quantitative estimate of drug-likeness (QED) is 0.406. The standard InChI is InChI=1S/C11H15F2N3O2/c12-6-1-2-7(14)11(10(6)13)16(15)8-5-18-4-3-9(8)17/h1-2,8-9,17H,3-5,14-15H2. The van der Waals surface area contributed by atoms with Gasteiger partial charge in [-0.3, -0.25) is 5.01 Å². The molecule has 5 N–H and O–H groups in total. The Hall–Kier alpha value is -1.44. The van der Waals surface area contributed by atoms with Crippen molar-refractivity contribution in [3.8, 4) is 0 Å². The predicted molar refractivity (Wildman–Crippen MR) is 62.7 cm³/mol. The average Bonchev–Trinajstić information content (AvgIpc) is 2.35. The first-order valence-electron chi connectivity index (χ1n) is 5.55. The molecule has 1 aliphatic rings. The van der Waals surface area contributed by atoms with E-state index in [1.807, 2.05) is 0 Å². The number of nitrogens with zero attached hydrogens (tertiary/aromatic N) is 1. The smallest absolute Gasteiger partial charge is 0.185 e. The lowest BCUT2D eigenvalue weighted by atomic mass is 10.1. The molecule has 5 nitrogen and oxygen atoms in total. The predicted octanol–water partition coefficient (Wildman–Crippen LogP) is 0.377. The van der Waals surface area contributed by atoms with E-state index in [0.29, 0.717) is 13.0 Å². The number of halogens is 2. The third-order valence-electron chi connectivity index (χ3n) is 3.01. The minimum atomic E-state index is -1.13. The number of aliphatic hydroxyl groups is 1. The molecule has 0 saturated carbocycles. The van der Waals surface area contributed by atoms with Gasteiger partial charge in [-0.15, -0.1) is 0 Å². The van der Waals surface area contributed by atoms with Crippen molar-refractivity contribution in [2.75, 3.05) is 24.0 Å². The van der Waals surface area contributed by atoms with Crippen molar-refractivity contribution in [2.45, 2.75) is 18.6 Å². The minimum Gasteiger partial charge on any atom is -0.397 e. The second-order valence-corrected chi connectivity index (χ2v) is 4.20. The number of aliphatic hydroxyl groups excluding tert-OH is 1. The zero-order valence-corrected chi connectivity index (χ0v) is 9.64. The van der Waals surface area contributed by atoms with E-state index in [-0.39, 0.29) is 18.0 Å². The van der Waals surface area contributed by atoms with E-state index in [0.717, 1.165) is 11.1 Å². The maximum atomic E-state index is 13.7. The largest absolute Gasteiger partial charge is 0.397 e. The second-order valence-electron chi connectivity index (χ2n) is 4.20. The molecular formula is C11H15F2N3O2. The molecule has 18 heavy (non-hydrogen) atoms. The third-order valence-corrected chi connectivity index (χ3v) is 3.01. The SMILES string of the molecule is Nc1ccc(F)c(F)c1N(N)C1COCCC1O. The monoisotopic (exact) mass is 259 g/mol.